The molecule has 0 aliphatic heterocycles. The molecule has 2 unspecified atom stereocenters. The fraction of sp³-hybridized carbons (Fsp3) is 0.312. The van der Waals surface area contributed by atoms with Crippen LogP contribution < -0.4 is 5.32 Å². The van der Waals surface area contributed by atoms with Crippen LogP contribution in [0.15, 0.2) is 47.2 Å². The van der Waals surface area contributed by atoms with Gasteiger partial charge in [-0.15, -0.1) is 0 Å². The average molecular weight is 333 g/mol. The summed E-state index contributed by atoms with van der Waals surface area (Å²) in [4.78, 5) is 3.97. The van der Waals surface area contributed by atoms with E-state index in [1.165, 1.54) is 15.6 Å². The van der Waals surface area contributed by atoms with Gasteiger partial charge in [0.2, 0.25) is 0 Å². The lowest BCUT2D eigenvalue weighted by molar-refractivity contribution is 0.169. The SMILES string of the molecule is OC(CNC1CCc2c(Br)cccc21)c1ccncc1. The predicted octanol–water partition coefficient (Wildman–Crippen LogP) is 3.15. The Morgan fingerprint density at radius 2 is 2.10 bits per heavy atom. The molecule has 3 nitrogen and oxygen atoms in total. The highest BCUT2D eigenvalue weighted by Gasteiger charge is 2.24. The van der Waals surface area contributed by atoms with Crippen molar-refractivity contribution in [1.29, 1.82) is 0 Å². The number of halogens is 1. The van der Waals surface area contributed by atoms with Crippen molar-refractivity contribution in [3.05, 3.63) is 63.9 Å². The Hall–Kier alpha value is -1.23. The van der Waals surface area contributed by atoms with Gasteiger partial charge in [-0.05, 0) is 47.7 Å². The number of benzene rings is 1. The van der Waals surface area contributed by atoms with Crippen molar-refractivity contribution in [1.82, 2.24) is 10.3 Å². The van der Waals surface area contributed by atoms with Crippen molar-refractivity contribution in [2.75, 3.05) is 6.54 Å². The normalized spacial score (nSPS) is 18.8. The molecule has 0 amide bonds. The molecule has 4 heteroatoms. The number of fused-ring (bicyclic) bond motifs is 1. The van der Waals surface area contributed by atoms with Crippen LogP contribution >= 0.6 is 15.9 Å². The van der Waals surface area contributed by atoms with Crippen LogP contribution in [-0.2, 0) is 6.42 Å². The number of aliphatic hydroxyl groups is 1. The summed E-state index contributed by atoms with van der Waals surface area (Å²) < 4.78 is 1.19. The molecule has 2 aromatic rings. The quantitative estimate of drug-likeness (QED) is 0.903. The first-order valence-corrected chi connectivity index (χ1v) is 7.63. The van der Waals surface area contributed by atoms with Crippen molar-refractivity contribution in [3.8, 4) is 0 Å². The number of aromatic nitrogens is 1. The highest BCUT2D eigenvalue weighted by Crippen LogP contribution is 2.35. The number of nitrogens with zero attached hydrogens (tertiary/aromatic N) is 1. The number of pyridine rings is 1. The van der Waals surface area contributed by atoms with E-state index < -0.39 is 6.10 Å². The van der Waals surface area contributed by atoms with E-state index in [1.54, 1.807) is 12.4 Å². The summed E-state index contributed by atoms with van der Waals surface area (Å²) in [5.74, 6) is 0. The van der Waals surface area contributed by atoms with E-state index in [9.17, 15) is 5.11 Å². The van der Waals surface area contributed by atoms with E-state index in [4.69, 9.17) is 0 Å². The molecule has 0 fully saturated rings. The molecule has 1 aromatic heterocycles. The summed E-state index contributed by atoms with van der Waals surface area (Å²) >= 11 is 3.61. The van der Waals surface area contributed by atoms with E-state index in [0.717, 1.165) is 18.4 Å². The van der Waals surface area contributed by atoms with Gasteiger partial charge < -0.3 is 10.4 Å². The third kappa shape index (κ3) is 2.77. The minimum atomic E-state index is -0.491. The number of rotatable bonds is 4. The van der Waals surface area contributed by atoms with Gasteiger partial charge in [-0.2, -0.15) is 0 Å². The third-order valence-corrected chi connectivity index (χ3v) is 4.60. The van der Waals surface area contributed by atoms with Gasteiger partial charge in [0.25, 0.3) is 0 Å². The molecule has 1 aliphatic carbocycles. The second-order valence-corrected chi connectivity index (χ2v) is 5.96. The Labute approximate surface area is 127 Å². The maximum Gasteiger partial charge on any atom is 0.0915 e. The van der Waals surface area contributed by atoms with Gasteiger partial charge in [-0.1, -0.05) is 28.1 Å². The molecule has 2 N–H and O–H groups in total. The zero-order valence-corrected chi connectivity index (χ0v) is 12.7. The van der Waals surface area contributed by atoms with Crippen molar-refractivity contribution >= 4 is 15.9 Å². The largest absolute Gasteiger partial charge is 0.387 e. The highest BCUT2D eigenvalue weighted by atomic mass is 79.9. The van der Waals surface area contributed by atoms with Crippen LogP contribution in [0.5, 0.6) is 0 Å². The first-order valence-electron chi connectivity index (χ1n) is 6.84. The van der Waals surface area contributed by atoms with Crippen molar-refractivity contribution < 1.29 is 5.11 Å². The van der Waals surface area contributed by atoms with Gasteiger partial charge in [0, 0.05) is 29.5 Å². The monoisotopic (exact) mass is 332 g/mol. The van der Waals surface area contributed by atoms with Crippen LogP contribution in [0.3, 0.4) is 0 Å². The molecular formula is C16H17BrN2O. The molecule has 104 valence electrons. The summed E-state index contributed by atoms with van der Waals surface area (Å²) in [6.45, 7) is 0.556. The smallest absolute Gasteiger partial charge is 0.0915 e. The second kappa shape index (κ2) is 6.04. The molecular weight excluding hydrogens is 316 g/mol. The summed E-state index contributed by atoms with van der Waals surface area (Å²) in [7, 11) is 0. The molecule has 1 aliphatic rings. The maximum absolute atomic E-state index is 10.2. The third-order valence-electron chi connectivity index (χ3n) is 3.86. The first-order chi connectivity index (χ1) is 9.75. The van der Waals surface area contributed by atoms with Crippen LogP contribution in [0.1, 0.15) is 35.3 Å². The van der Waals surface area contributed by atoms with Crippen molar-refractivity contribution in [2.45, 2.75) is 25.0 Å². The topological polar surface area (TPSA) is 45.1 Å². The Morgan fingerprint density at radius 1 is 1.30 bits per heavy atom. The summed E-state index contributed by atoms with van der Waals surface area (Å²) in [6.07, 6.45) is 5.09. The van der Waals surface area contributed by atoms with Crippen LogP contribution in [0.25, 0.3) is 0 Å². The van der Waals surface area contributed by atoms with Gasteiger partial charge in [-0.3, -0.25) is 4.98 Å². The van der Waals surface area contributed by atoms with Crippen LogP contribution in [0.4, 0.5) is 0 Å². The Bertz CT molecular complexity index is 588. The van der Waals surface area contributed by atoms with E-state index in [1.807, 2.05) is 12.1 Å². The number of hydrogen-bond acceptors (Lipinski definition) is 3. The van der Waals surface area contributed by atoms with E-state index >= 15 is 0 Å². The van der Waals surface area contributed by atoms with Gasteiger partial charge >= 0.3 is 0 Å². The van der Waals surface area contributed by atoms with Crippen molar-refractivity contribution in [3.63, 3.8) is 0 Å². The van der Waals surface area contributed by atoms with Crippen molar-refractivity contribution in [2.24, 2.45) is 0 Å². The molecule has 0 spiro atoms. The van der Waals surface area contributed by atoms with Crippen LogP contribution in [-0.4, -0.2) is 16.6 Å². The summed E-state index contributed by atoms with van der Waals surface area (Å²) in [6, 6.07) is 10.4. The second-order valence-electron chi connectivity index (χ2n) is 5.10. The van der Waals surface area contributed by atoms with E-state index in [2.05, 4.69) is 44.4 Å². The zero-order valence-electron chi connectivity index (χ0n) is 11.1. The molecule has 0 bridgehead atoms. The molecule has 2 atom stereocenters. The molecule has 0 saturated carbocycles. The lowest BCUT2D eigenvalue weighted by atomic mass is 10.1. The average Bonchev–Trinajstić information content (AvgIpc) is 2.90. The minimum Gasteiger partial charge on any atom is -0.387 e. The molecule has 3 rings (SSSR count). The molecule has 0 radical (unpaired) electrons. The summed E-state index contributed by atoms with van der Waals surface area (Å²) in [5.41, 5.74) is 3.64. The first kappa shape index (κ1) is 13.7. The maximum atomic E-state index is 10.2. The van der Waals surface area contributed by atoms with E-state index in [0.29, 0.717) is 12.6 Å². The Kier molecular flexibility index (Phi) is 4.15. The van der Waals surface area contributed by atoms with Gasteiger partial charge in [0.05, 0.1) is 6.10 Å². The number of nitrogens with one attached hydrogen (secondary N) is 1. The Morgan fingerprint density at radius 3 is 2.90 bits per heavy atom. The fourth-order valence-corrected chi connectivity index (χ4v) is 3.36. The van der Waals surface area contributed by atoms with Gasteiger partial charge in [0.15, 0.2) is 0 Å². The van der Waals surface area contributed by atoms with Gasteiger partial charge in [-0.25, -0.2) is 0 Å². The highest BCUT2D eigenvalue weighted by molar-refractivity contribution is 9.10. The van der Waals surface area contributed by atoms with Gasteiger partial charge in [0.1, 0.15) is 0 Å². The molecule has 1 aromatic carbocycles. The minimum absolute atomic E-state index is 0.332. The lowest BCUT2D eigenvalue weighted by Gasteiger charge is -2.17. The van der Waals surface area contributed by atoms with E-state index in [-0.39, 0.29) is 0 Å². The number of aliphatic hydroxyl groups excluding tert-OH is 1. The Balaban J connectivity index is 1.65. The molecule has 20 heavy (non-hydrogen) atoms. The fourth-order valence-electron chi connectivity index (χ4n) is 2.78. The predicted molar refractivity (Wildman–Crippen MR) is 82.4 cm³/mol. The standard InChI is InChI=1S/C16H17BrN2O/c17-14-3-1-2-13-12(14)4-5-15(13)19-10-16(20)11-6-8-18-9-7-11/h1-3,6-9,15-16,19-20H,4-5,10H2. The summed E-state index contributed by atoms with van der Waals surface area (Å²) in [5, 5.41) is 13.7. The number of hydrogen-bond donors (Lipinski definition) is 2. The van der Waals surface area contributed by atoms with Crippen LogP contribution in [0.2, 0.25) is 0 Å². The lowest BCUT2D eigenvalue weighted by Crippen LogP contribution is -2.25. The molecule has 1 heterocycles. The zero-order chi connectivity index (χ0) is 13.9. The molecule has 0 saturated heterocycles. The van der Waals surface area contributed by atoms with Crippen LogP contribution in [0, 0.1) is 0 Å².